The Hall–Kier alpha value is -1.95. The number of anilines is 1. The SMILES string of the molecule is C#CCCNc1nc2ccccc2o1. The van der Waals surface area contributed by atoms with Gasteiger partial charge in [-0.05, 0) is 12.1 Å². The van der Waals surface area contributed by atoms with Crippen LogP contribution in [-0.2, 0) is 0 Å². The predicted molar refractivity (Wildman–Crippen MR) is 55.9 cm³/mol. The van der Waals surface area contributed by atoms with Crippen LogP contribution >= 0.6 is 0 Å². The van der Waals surface area contributed by atoms with Gasteiger partial charge >= 0.3 is 0 Å². The first kappa shape index (κ1) is 8.64. The molecule has 3 nitrogen and oxygen atoms in total. The van der Waals surface area contributed by atoms with Crippen molar-refractivity contribution >= 4 is 17.1 Å². The number of benzene rings is 1. The van der Waals surface area contributed by atoms with Gasteiger partial charge in [0.05, 0.1) is 0 Å². The molecule has 0 fully saturated rings. The number of para-hydroxylation sites is 2. The highest BCUT2D eigenvalue weighted by molar-refractivity contribution is 5.74. The van der Waals surface area contributed by atoms with Crippen molar-refractivity contribution in [1.82, 2.24) is 4.98 Å². The zero-order valence-electron chi connectivity index (χ0n) is 7.66. The molecule has 1 N–H and O–H groups in total. The van der Waals surface area contributed by atoms with Gasteiger partial charge in [-0.25, -0.2) is 0 Å². The van der Waals surface area contributed by atoms with Crippen LogP contribution in [0.15, 0.2) is 28.7 Å². The normalized spacial score (nSPS) is 9.93. The largest absolute Gasteiger partial charge is 0.424 e. The van der Waals surface area contributed by atoms with Crippen LogP contribution in [0.2, 0.25) is 0 Å². The molecule has 0 aliphatic rings. The standard InChI is InChI=1S/C11H10N2O/c1-2-3-8-12-11-13-9-6-4-5-7-10(9)14-11/h1,4-7H,3,8H2,(H,12,13). The number of rotatable bonds is 3. The van der Waals surface area contributed by atoms with Crippen LogP contribution in [-0.4, -0.2) is 11.5 Å². The van der Waals surface area contributed by atoms with Crippen molar-refractivity contribution in [1.29, 1.82) is 0 Å². The van der Waals surface area contributed by atoms with E-state index in [1.54, 1.807) is 0 Å². The number of hydrogen-bond donors (Lipinski definition) is 1. The van der Waals surface area contributed by atoms with Gasteiger partial charge in [0, 0.05) is 13.0 Å². The predicted octanol–water partition coefficient (Wildman–Crippen LogP) is 2.26. The fourth-order valence-electron chi connectivity index (χ4n) is 1.19. The minimum absolute atomic E-state index is 0.529. The van der Waals surface area contributed by atoms with E-state index in [1.165, 1.54) is 0 Å². The molecule has 0 aliphatic carbocycles. The fraction of sp³-hybridized carbons (Fsp3) is 0.182. The minimum Gasteiger partial charge on any atom is -0.424 e. The molecule has 0 bridgehead atoms. The maximum Gasteiger partial charge on any atom is 0.295 e. The van der Waals surface area contributed by atoms with E-state index >= 15 is 0 Å². The number of oxazole rings is 1. The van der Waals surface area contributed by atoms with Gasteiger partial charge in [0.1, 0.15) is 5.52 Å². The maximum absolute atomic E-state index is 5.42. The molecule has 0 radical (unpaired) electrons. The molecule has 0 unspecified atom stereocenters. The lowest BCUT2D eigenvalue weighted by atomic mass is 10.3. The Morgan fingerprint density at radius 1 is 1.43 bits per heavy atom. The minimum atomic E-state index is 0.529. The van der Waals surface area contributed by atoms with Gasteiger partial charge in [-0.3, -0.25) is 0 Å². The molecule has 2 rings (SSSR count). The van der Waals surface area contributed by atoms with E-state index in [0.29, 0.717) is 19.0 Å². The molecular weight excluding hydrogens is 176 g/mol. The molecule has 14 heavy (non-hydrogen) atoms. The van der Waals surface area contributed by atoms with Gasteiger partial charge < -0.3 is 9.73 Å². The van der Waals surface area contributed by atoms with E-state index < -0.39 is 0 Å². The number of terminal acetylenes is 1. The molecule has 1 heterocycles. The maximum atomic E-state index is 5.42. The monoisotopic (exact) mass is 186 g/mol. The molecule has 0 atom stereocenters. The van der Waals surface area contributed by atoms with E-state index in [4.69, 9.17) is 10.8 Å². The van der Waals surface area contributed by atoms with Gasteiger partial charge in [0.15, 0.2) is 5.58 Å². The van der Waals surface area contributed by atoms with Crippen molar-refractivity contribution in [2.75, 3.05) is 11.9 Å². The van der Waals surface area contributed by atoms with Crippen molar-refractivity contribution in [2.45, 2.75) is 6.42 Å². The molecule has 1 aromatic heterocycles. The van der Waals surface area contributed by atoms with Crippen molar-refractivity contribution in [3.8, 4) is 12.3 Å². The molecule has 0 aliphatic heterocycles. The second-order valence-corrected chi connectivity index (χ2v) is 2.87. The van der Waals surface area contributed by atoms with Crippen LogP contribution in [0.25, 0.3) is 11.1 Å². The zero-order chi connectivity index (χ0) is 9.80. The fourth-order valence-corrected chi connectivity index (χ4v) is 1.19. The Morgan fingerprint density at radius 2 is 2.29 bits per heavy atom. The first-order valence-electron chi connectivity index (χ1n) is 4.43. The Kier molecular flexibility index (Phi) is 2.37. The van der Waals surface area contributed by atoms with Gasteiger partial charge in [0.2, 0.25) is 0 Å². The second-order valence-electron chi connectivity index (χ2n) is 2.87. The first-order valence-corrected chi connectivity index (χ1v) is 4.43. The van der Waals surface area contributed by atoms with E-state index in [-0.39, 0.29) is 0 Å². The number of aromatic nitrogens is 1. The summed E-state index contributed by atoms with van der Waals surface area (Å²) in [5.74, 6) is 2.54. The lowest BCUT2D eigenvalue weighted by molar-refractivity contribution is 0.615. The topological polar surface area (TPSA) is 38.1 Å². The van der Waals surface area contributed by atoms with Crippen LogP contribution in [0.1, 0.15) is 6.42 Å². The Labute approximate surface area is 82.1 Å². The average molecular weight is 186 g/mol. The summed E-state index contributed by atoms with van der Waals surface area (Å²) < 4.78 is 5.42. The molecule has 3 heteroatoms. The molecule has 0 saturated carbocycles. The summed E-state index contributed by atoms with van der Waals surface area (Å²) in [4.78, 5) is 4.24. The summed E-state index contributed by atoms with van der Waals surface area (Å²) >= 11 is 0. The third-order valence-corrected chi connectivity index (χ3v) is 1.84. The second kappa shape index (κ2) is 3.84. The summed E-state index contributed by atoms with van der Waals surface area (Å²) in [5, 5.41) is 3.01. The lowest BCUT2D eigenvalue weighted by Crippen LogP contribution is -1.99. The zero-order valence-corrected chi connectivity index (χ0v) is 7.66. The Bertz CT molecular complexity index is 434. The summed E-state index contributed by atoms with van der Waals surface area (Å²) in [7, 11) is 0. The number of fused-ring (bicyclic) bond motifs is 1. The van der Waals surface area contributed by atoms with Gasteiger partial charge in [-0.2, -0.15) is 4.98 Å². The lowest BCUT2D eigenvalue weighted by Gasteiger charge is -1.94. The summed E-state index contributed by atoms with van der Waals surface area (Å²) in [5.41, 5.74) is 1.64. The molecule has 2 aromatic rings. The average Bonchev–Trinajstić information content (AvgIpc) is 2.60. The third-order valence-electron chi connectivity index (χ3n) is 1.84. The highest BCUT2D eigenvalue weighted by atomic mass is 16.4. The van der Waals surface area contributed by atoms with Gasteiger partial charge in [-0.1, -0.05) is 12.1 Å². The highest BCUT2D eigenvalue weighted by Crippen LogP contribution is 2.17. The van der Waals surface area contributed by atoms with E-state index in [0.717, 1.165) is 11.1 Å². The molecule has 1 aromatic carbocycles. The van der Waals surface area contributed by atoms with Crippen LogP contribution in [0.4, 0.5) is 6.01 Å². The summed E-state index contributed by atoms with van der Waals surface area (Å²) in [6.07, 6.45) is 5.79. The number of nitrogens with one attached hydrogen (secondary N) is 1. The highest BCUT2D eigenvalue weighted by Gasteiger charge is 2.02. The molecule has 0 spiro atoms. The van der Waals surface area contributed by atoms with Crippen LogP contribution in [0, 0.1) is 12.3 Å². The van der Waals surface area contributed by atoms with E-state index in [1.807, 2.05) is 24.3 Å². The van der Waals surface area contributed by atoms with E-state index in [2.05, 4.69) is 16.2 Å². The molecule has 0 amide bonds. The summed E-state index contributed by atoms with van der Waals surface area (Å²) in [6, 6.07) is 8.16. The number of hydrogen-bond acceptors (Lipinski definition) is 3. The number of nitrogens with zero attached hydrogens (tertiary/aromatic N) is 1. The smallest absolute Gasteiger partial charge is 0.295 e. The van der Waals surface area contributed by atoms with Crippen LogP contribution in [0.5, 0.6) is 0 Å². The van der Waals surface area contributed by atoms with Gasteiger partial charge in [-0.15, -0.1) is 12.3 Å². The third kappa shape index (κ3) is 1.69. The van der Waals surface area contributed by atoms with Crippen molar-refractivity contribution in [2.24, 2.45) is 0 Å². The molecular formula is C11H10N2O. The summed E-state index contributed by atoms with van der Waals surface area (Å²) in [6.45, 7) is 0.684. The molecule has 0 saturated heterocycles. The quantitative estimate of drug-likeness (QED) is 0.590. The molecule has 70 valence electrons. The van der Waals surface area contributed by atoms with E-state index in [9.17, 15) is 0 Å². The van der Waals surface area contributed by atoms with Crippen LogP contribution in [0.3, 0.4) is 0 Å². The Morgan fingerprint density at radius 3 is 3.07 bits per heavy atom. The van der Waals surface area contributed by atoms with Crippen LogP contribution < -0.4 is 5.32 Å². The Balaban J connectivity index is 2.15. The van der Waals surface area contributed by atoms with Crippen molar-refractivity contribution in [3.05, 3.63) is 24.3 Å². The van der Waals surface area contributed by atoms with Gasteiger partial charge in [0.25, 0.3) is 6.01 Å². The van der Waals surface area contributed by atoms with Crippen molar-refractivity contribution < 1.29 is 4.42 Å². The first-order chi connectivity index (χ1) is 6.90. The van der Waals surface area contributed by atoms with Crippen molar-refractivity contribution in [3.63, 3.8) is 0 Å².